The molecule has 0 aliphatic carbocycles. The van der Waals surface area contributed by atoms with E-state index < -0.39 is 0 Å². The van der Waals surface area contributed by atoms with Crippen LogP contribution in [0.3, 0.4) is 0 Å². The van der Waals surface area contributed by atoms with Gasteiger partial charge in [-0.05, 0) is 33.1 Å². The van der Waals surface area contributed by atoms with Gasteiger partial charge in [-0.25, -0.2) is 0 Å². The van der Waals surface area contributed by atoms with Gasteiger partial charge in [0.2, 0.25) is 0 Å². The van der Waals surface area contributed by atoms with Crippen molar-refractivity contribution in [3.05, 3.63) is 0 Å². The second-order valence-electron chi connectivity index (χ2n) is 4.24. The molecule has 0 aromatic rings. The fourth-order valence-electron chi connectivity index (χ4n) is 1.85. The monoisotopic (exact) mass is 171 g/mol. The van der Waals surface area contributed by atoms with Crippen LogP contribution >= 0.6 is 0 Å². The summed E-state index contributed by atoms with van der Waals surface area (Å²) in [7, 11) is 0. The second-order valence-corrected chi connectivity index (χ2v) is 4.24. The number of hydrogen-bond donors (Lipinski definition) is 1. The van der Waals surface area contributed by atoms with Crippen LogP contribution in [0.25, 0.3) is 0 Å². The van der Waals surface area contributed by atoms with Gasteiger partial charge >= 0.3 is 0 Å². The summed E-state index contributed by atoms with van der Waals surface area (Å²) < 4.78 is 6.05. The van der Waals surface area contributed by atoms with E-state index >= 15 is 0 Å². The van der Waals surface area contributed by atoms with E-state index in [4.69, 9.17) is 4.74 Å². The topological polar surface area (TPSA) is 21.3 Å². The average Bonchev–Trinajstić information content (AvgIpc) is 2.02. The van der Waals surface area contributed by atoms with Crippen molar-refractivity contribution in [1.29, 1.82) is 0 Å². The van der Waals surface area contributed by atoms with Crippen molar-refractivity contribution < 1.29 is 4.74 Å². The molecule has 0 saturated carbocycles. The molecule has 2 heteroatoms. The van der Waals surface area contributed by atoms with Gasteiger partial charge in [0, 0.05) is 6.54 Å². The van der Waals surface area contributed by atoms with E-state index in [2.05, 4.69) is 33.0 Å². The highest BCUT2D eigenvalue weighted by molar-refractivity contribution is 4.86. The first-order valence-electron chi connectivity index (χ1n) is 4.99. The molecule has 0 amide bonds. The Bertz CT molecular complexity index is 150. The molecule has 12 heavy (non-hydrogen) atoms. The molecular weight excluding hydrogens is 150 g/mol. The summed E-state index contributed by atoms with van der Waals surface area (Å²) >= 11 is 0. The van der Waals surface area contributed by atoms with Gasteiger partial charge in [0.05, 0.1) is 5.60 Å². The SMILES string of the molecule is CCC1(CC)NCCC(C)(C)O1. The maximum atomic E-state index is 6.05. The largest absolute Gasteiger partial charge is 0.355 e. The third kappa shape index (κ3) is 1.99. The van der Waals surface area contributed by atoms with E-state index in [1.165, 1.54) is 0 Å². The van der Waals surface area contributed by atoms with E-state index in [-0.39, 0.29) is 11.3 Å². The lowest BCUT2D eigenvalue weighted by Gasteiger charge is -2.45. The minimum absolute atomic E-state index is 0.0528. The summed E-state index contributed by atoms with van der Waals surface area (Å²) in [5.41, 5.74) is -0.000972. The summed E-state index contributed by atoms with van der Waals surface area (Å²) in [6, 6.07) is 0. The number of ether oxygens (including phenoxy) is 1. The van der Waals surface area contributed by atoms with Crippen LogP contribution in [0.2, 0.25) is 0 Å². The molecule has 1 rings (SSSR count). The molecule has 0 bridgehead atoms. The predicted molar refractivity (Wildman–Crippen MR) is 51.1 cm³/mol. The fraction of sp³-hybridized carbons (Fsp3) is 1.00. The Morgan fingerprint density at radius 2 is 1.83 bits per heavy atom. The normalized spacial score (nSPS) is 27.0. The number of rotatable bonds is 2. The lowest BCUT2D eigenvalue weighted by Crippen LogP contribution is -2.57. The van der Waals surface area contributed by atoms with E-state index in [1.807, 2.05) is 0 Å². The van der Waals surface area contributed by atoms with Gasteiger partial charge in [0.25, 0.3) is 0 Å². The lowest BCUT2D eigenvalue weighted by molar-refractivity contribution is -0.188. The number of hydrogen-bond acceptors (Lipinski definition) is 2. The third-order valence-electron chi connectivity index (χ3n) is 2.79. The van der Waals surface area contributed by atoms with Gasteiger partial charge in [-0.1, -0.05) is 13.8 Å². The first-order chi connectivity index (χ1) is 5.54. The summed E-state index contributed by atoms with van der Waals surface area (Å²) in [5.74, 6) is 0. The highest BCUT2D eigenvalue weighted by atomic mass is 16.5. The zero-order valence-electron chi connectivity index (χ0n) is 8.74. The van der Waals surface area contributed by atoms with Crippen LogP contribution in [-0.2, 0) is 4.74 Å². The molecule has 72 valence electrons. The van der Waals surface area contributed by atoms with Gasteiger partial charge < -0.3 is 4.74 Å². The molecule has 0 aromatic carbocycles. The van der Waals surface area contributed by atoms with Crippen molar-refractivity contribution in [2.24, 2.45) is 0 Å². The smallest absolute Gasteiger partial charge is 0.119 e. The fourth-order valence-corrected chi connectivity index (χ4v) is 1.85. The minimum Gasteiger partial charge on any atom is -0.355 e. The first-order valence-corrected chi connectivity index (χ1v) is 4.99. The molecule has 0 radical (unpaired) electrons. The Morgan fingerprint density at radius 3 is 2.17 bits per heavy atom. The van der Waals surface area contributed by atoms with Crippen molar-refractivity contribution in [2.75, 3.05) is 6.54 Å². The molecule has 1 N–H and O–H groups in total. The van der Waals surface area contributed by atoms with Gasteiger partial charge in [0.1, 0.15) is 5.72 Å². The molecule has 0 atom stereocenters. The quantitative estimate of drug-likeness (QED) is 0.688. The van der Waals surface area contributed by atoms with Gasteiger partial charge in [0.15, 0.2) is 0 Å². The molecule has 1 fully saturated rings. The van der Waals surface area contributed by atoms with Gasteiger partial charge in [-0.3, -0.25) is 5.32 Å². The van der Waals surface area contributed by atoms with Crippen LogP contribution in [0.1, 0.15) is 47.0 Å². The second kappa shape index (κ2) is 3.35. The summed E-state index contributed by atoms with van der Waals surface area (Å²) in [6.07, 6.45) is 3.20. The number of nitrogens with one attached hydrogen (secondary N) is 1. The van der Waals surface area contributed by atoms with Crippen LogP contribution in [0, 0.1) is 0 Å². The molecule has 0 aromatic heterocycles. The highest BCUT2D eigenvalue weighted by Gasteiger charge is 2.37. The van der Waals surface area contributed by atoms with Crippen LogP contribution < -0.4 is 5.32 Å². The molecule has 1 aliphatic heterocycles. The molecule has 0 spiro atoms. The first kappa shape index (κ1) is 10.0. The predicted octanol–water partition coefficient (Wildman–Crippen LogP) is 2.29. The molecule has 2 nitrogen and oxygen atoms in total. The molecule has 0 unspecified atom stereocenters. The van der Waals surface area contributed by atoms with Crippen LogP contribution in [-0.4, -0.2) is 17.9 Å². The van der Waals surface area contributed by atoms with Crippen molar-refractivity contribution in [2.45, 2.75) is 58.3 Å². The van der Waals surface area contributed by atoms with Crippen LogP contribution in [0.15, 0.2) is 0 Å². The van der Waals surface area contributed by atoms with E-state index in [0.717, 1.165) is 25.8 Å². The van der Waals surface area contributed by atoms with E-state index in [1.54, 1.807) is 0 Å². The van der Waals surface area contributed by atoms with E-state index in [9.17, 15) is 0 Å². The van der Waals surface area contributed by atoms with Crippen molar-refractivity contribution in [3.63, 3.8) is 0 Å². The highest BCUT2D eigenvalue weighted by Crippen LogP contribution is 2.30. The maximum Gasteiger partial charge on any atom is 0.119 e. The van der Waals surface area contributed by atoms with E-state index in [0.29, 0.717) is 0 Å². The molecule has 1 saturated heterocycles. The summed E-state index contributed by atoms with van der Waals surface area (Å²) in [4.78, 5) is 0. The average molecular weight is 171 g/mol. The Balaban J connectivity index is 2.65. The lowest BCUT2D eigenvalue weighted by atomic mass is 9.97. The standard InChI is InChI=1S/C10H21NO/c1-5-10(6-2)11-8-7-9(3,4)12-10/h11H,5-8H2,1-4H3. The Labute approximate surface area is 75.7 Å². The van der Waals surface area contributed by atoms with Crippen LogP contribution in [0.4, 0.5) is 0 Å². The van der Waals surface area contributed by atoms with Gasteiger partial charge in [-0.2, -0.15) is 0 Å². The molecule has 1 aliphatic rings. The van der Waals surface area contributed by atoms with Gasteiger partial charge in [-0.15, -0.1) is 0 Å². The van der Waals surface area contributed by atoms with Crippen molar-refractivity contribution in [3.8, 4) is 0 Å². The summed E-state index contributed by atoms with van der Waals surface area (Å²) in [5, 5.41) is 3.47. The molecule has 1 heterocycles. The Kier molecular flexibility index (Phi) is 2.79. The van der Waals surface area contributed by atoms with Crippen LogP contribution in [0.5, 0.6) is 0 Å². The summed E-state index contributed by atoms with van der Waals surface area (Å²) in [6.45, 7) is 9.78. The minimum atomic E-state index is -0.0538. The third-order valence-corrected chi connectivity index (χ3v) is 2.79. The van der Waals surface area contributed by atoms with Crippen molar-refractivity contribution in [1.82, 2.24) is 5.32 Å². The van der Waals surface area contributed by atoms with Crippen molar-refractivity contribution >= 4 is 0 Å². The molecular formula is C10H21NO. The zero-order valence-corrected chi connectivity index (χ0v) is 8.74. The Morgan fingerprint density at radius 1 is 1.25 bits per heavy atom. The maximum absolute atomic E-state index is 6.05. The zero-order chi connectivity index (χ0) is 9.24. The Hall–Kier alpha value is -0.0800.